The summed E-state index contributed by atoms with van der Waals surface area (Å²) in [5, 5.41) is 12.1. The van der Waals surface area contributed by atoms with Gasteiger partial charge < -0.3 is 19.9 Å². The summed E-state index contributed by atoms with van der Waals surface area (Å²) in [7, 11) is 1.43. The molecule has 2 atom stereocenters. The number of carbonyl (C=O) groups excluding carboxylic acids is 1. The van der Waals surface area contributed by atoms with Crippen molar-refractivity contribution >= 4 is 23.5 Å². The lowest BCUT2D eigenvalue weighted by Gasteiger charge is -2.16. The monoisotopic (exact) mass is 299 g/mol. The van der Waals surface area contributed by atoms with Gasteiger partial charge in [-0.15, -0.1) is 0 Å². The van der Waals surface area contributed by atoms with Crippen molar-refractivity contribution in [3.63, 3.8) is 0 Å². The van der Waals surface area contributed by atoms with E-state index in [1.54, 1.807) is 6.07 Å². The Kier molecular flexibility index (Phi) is 4.46. The second-order valence-corrected chi connectivity index (χ2v) is 4.84. The Hall–Kier alpha value is -1.79. The van der Waals surface area contributed by atoms with Crippen LogP contribution in [0.5, 0.6) is 5.75 Å². The van der Waals surface area contributed by atoms with E-state index in [0.717, 1.165) is 0 Å². The maximum Gasteiger partial charge on any atom is 0.311 e. The van der Waals surface area contributed by atoms with Gasteiger partial charge in [-0.05, 0) is 18.2 Å². The number of rotatable bonds is 4. The minimum atomic E-state index is -0.990. The van der Waals surface area contributed by atoms with Crippen LogP contribution >= 0.6 is 11.6 Å². The zero-order valence-corrected chi connectivity index (χ0v) is 11.5. The first-order chi connectivity index (χ1) is 9.52. The smallest absolute Gasteiger partial charge is 0.311 e. The molecule has 1 aromatic rings. The van der Waals surface area contributed by atoms with E-state index in [9.17, 15) is 9.59 Å². The maximum atomic E-state index is 12.2. The summed E-state index contributed by atoms with van der Waals surface area (Å²) in [6.45, 7) is 0.274. The summed E-state index contributed by atoms with van der Waals surface area (Å²) >= 11 is 5.83. The van der Waals surface area contributed by atoms with Crippen molar-refractivity contribution in [3.8, 4) is 5.75 Å². The van der Waals surface area contributed by atoms with Crippen molar-refractivity contribution in [1.82, 2.24) is 5.32 Å². The summed E-state index contributed by atoms with van der Waals surface area (Å²) in [4.78, 5) is 23.2. The van der Waals surface area contributed by atoms with Crippen molar-refractivity contribution < 1.29 is 24.2 Å². The van der Waals surface area contributed by atoms with Crippen LogP contribution in [-0.4, -0.2) is 43.3 Å². The van der Waals surface area contributed by atoms with Gasteiger partial charge in [0, 0.05) is 5.02 Å². The lowest BCUT2D eigenvalue weighted by Crippen LogP contribution is -2.42. The molecule has 1 fully saturated rings. The van der Waals surface area contributed by atoms with E-state index < -0.39 is 23.8 Å². The molecule has 20 heavy (non-hydrogen) atoms. The number of hydrogen-bond donors (Lipinski definition) is 2. The highest BCUT2D eigenvalue weighted by atomic mass is 35.5. The number of ether oxygens (including phenoxy) is 2. The third kappa shape index (κ3) is 3.02. The van der Waals surface area contributed by atoms with Crippen LogP contribution in [0.2, 0.25) is 5.02 Å². The molecule has 1 aliphatic rings. The van der Waals surface area contributed by atoms with E-state index in [1.165, 1.54) is 19.2 Å². The molecule has 0 spiro atoms. The van der Waals surface area contributed by atoms with Gasteiger partial charge in [-0.1, -0.05) is 11.6 Å². The lowest BCUT2D eigenvalue weighted by molar-refractivity contribution is -0.142. The van der Waals surface area contributed by atoms with Crippen LogP contribution in [0, 0.1) is 5.92 Å². The normalized spacial score (nSPS) is 21.5. The number of amides is 1. The molecule has 0 bridgehead atoms. The number of methoxy groups -OCH3 is 1. The number of halogens is 1. The molecule has 1 aromatic carbocycles. The van der Waals surface area contributed by atoms with Gasteiger partial charge in [0.05, 0.1) is 31.9 Å². The first-order valence-electron chi connectivity index (χ1n) is 5.98. The minimum absolute atomic E-state index is 0.0953. The van der Waals surface area contributed by atoms with Crippen molar-refractivity contribution in [3.05, 3.63) is 28.8 Å². The van der Waals surface area contributed by atoms with Crippen LogP contribution in [0.4, 0.5) is 0 Å². The van der Waals surface area contributed by atoms with Gasteiger partial charge >= 0.3 is 5.97 Å². The highest BCUT2D eigenvalue weighted by molar-refractivity contribution is 6.30. The van der Waals surface area contributed by atoms with Gasteiger partial charge in [0.2, 0.25) is 0 Å². The quantitative estimate of drug-likeness (QED) is 0.872. The molecule has 1 amide bonds. The van der Waals surface area contributed by atoms with Crippen molar-refractivity contribution in [2.45, 2.75) is 6.04 Å². The van der Waals surface area contributed by atoms with Gasteiger partial charge in [0.15, 0.2) is 0 Å². The summed E-state index contributed by atoms with van der Waals surface area (Å²) in [6.07, 6.45) is 0. The molecule has 7 heteroatoms. The molecule has 2 rings (SSSR count). The van der Waals surface area contributed by atoms with Gasteiger partial charge in [-0.2, -0.15) is 0 Å². The van der Waals surface area contributed by atoms with E-state index in [-0.39, 0.29) is 13.2 Å². The second kappa shape index (κ2) is 6.11. The number of carboxylic acids is 1. The molecular weight excluding hydrogens is 286 g/mol. The second-order valence-electron chi connectivity index (χ2n) is 4.41. The first kappa shape index (κ1) is 14.6. The molecule has 0 aromatic heterocycles. The SMILES string of the molecule is COc1cc(Cl)ccc1C(=O)NC1COCC1C(=O)O. The third-order valence-electron chi connectivity index (χ3n) is 3.12. The number of benzene rings is 1. The van der Waals surface area contributed by atoms with Gasteiger partial charge in [-0.3, -0.25) is 9.59 Å². The average Bonchev–Trinajstić information content (AvgIpc) is 2.86. The number of carbonyl (C=O) groups is 2. The summed E-state index contributed by atoms with van der Waals surface area (Å²) in [6, 6.07) is 4.07. The molecule has 2 unspecified atom stereocenters. The van der Waals surface area contributed by atoms with E-state index >= 15 is 0 Å². The Labute approximate surface area is 120 Å². The Morgan fingerprint density at radius 1 is 1.45 bits per heavy atom. The molecule has 0 radical (unpaired) electrons. The van der Waals surface area contributed by atoms with E-state index in [0.29, 0.717) is 16.3 Å². The largest absolute Gasteiger partial charge is 0.496 e. The Bertz CT molecular complexity index is 533. The molecule has 1 heterocycles. The summed E-state index contributed by atoms with van der Waals surface area (Å²) in [5.74, 6) is -1.81. The minimum Gasteiger partial charge on any atom is -0.496 e. The molecule has 2 N–H and O–H groups in total. The maximum absolute atomic E-state index is 12.2. The van der Waals surface area contributed by atoms with Gasteiger partial charge in [-0.25, -0.2) is 0 Å². The summed E-state index contributed by atoms with van der Waals surface area (Å²) in [5.41, 5.74) is 0.299. The van der Waals surface area contributed by atoms with Crippen LogP contribution in [0.1, 0.15) is 10.4 Å². The van der Waals surface area contributed by atoms with E-state index in [1.807, 2.05) is 0 Å². The molecule has 1 aliphatic heterocycles. The number of carboxylic acid groups (broad SMARTS) is 1. The van der Waals surface area contributed by atoms with Crippen LogP contribution in [0.3, 0.4) is 0 Å². The van der Waals surface area contributed by atoms with Gasteiger partial charge in [0.1, 0.15) is 11.7 Å². The fourth-order valence-corrected chi connectivity index (χ4v) is 2.20. The predicted octanol–water partition coefficient (Wildman–Crippen LogP) is 1.18. The van der Waals surface area contributed by atoms with E-state index in [4.69, 9.17) is 26.2 Å². The van der Waals surface area contributed by atoms with Crippen LogP contribution in [0.25, 0.3) is 0 Å². The van der Waals surface area contributed by atoms with Crippen molar-refractivity contribution in [1.29, 1.82) is 0 Å². The van der Waals surface area contributed by atoms with Crippen molar-refractivity contribution in [2.75, 3.05) is 20.3 Å². The van der Waals surface area contributed by atoms with E-state index in [2.05, 4.69) is 5.32 Å². The molecule has 1 saturated heterocycles. The first-order valence-corrected chi connectivity index (χ1v) is 6.35. The average molecular weight is 300 g/mol. The van der Waals surface area contributed by atoms with Crippen LogP contribution in [0.15, 0.2) is 18.2 Å². The molecular formula is C13H14ClNO5. The number of aliphatic carboxylic acids is 1. The Morgan fingerprint density at radius 2 is 2.20 bits per heavy atom. The van der Waals surface area contributed by atoms with Crippen LogP contribution in [-0.2, 0) is 9.53 Å². The zero-order valence-electron chi connectivity index (χ0n) is 10.8. The molecule has 108 valence electrons. The predicted molar refractivity (Wildman–Crippen MR) is 71.2 cm³/mol. The highest BCUT2D eigenvalue weighted by Gasteiger charge is 2.35. The number of hydrogen-bond acceptors (Lipinski definition) is 4. The topological polar surface area (TPSA) is 84.9 Å². The van der Waals surface area contributed by atoms with Gasteiger partial charge in [0.25, 0.3) is 5.91 Å². The number of nitrogens with one attached hydrogen (secondary N) is 1. The highest BCUT2D eigenvalue weighted by Crippen LogP contribution is 2.24. The lowest BCUT2D eigenvalue weighted by atomic mass is 10.0. The molecule has 6 nitrogen and oxygen atoms in total. The van der Waals surface area contributed by atoms with Crippen LogP contribution < -0.4 is 10.1 Å². The molecule has 0 aliphatic carbocycles. The summed E-state index contributed by atoms with van der Waals surface area (Å²) < 4.78 is 10.2. The standard InChI is InChI=1S/C13H14ClNO5/c1-19-11-4-7(14)2-3-8(11)12(16)15-10-6-20-5-9(10)13(17)18/h2-4,9-10H,5-6H2,1H3,(H,15,16)(H,17,18). The fraction of sp³-hybridized carbons (Fsp3) is 0.385. The zero-order chi connectivity index (χ0) is 14.7. The van der Waals surface area contributed by atoms with Crippen molar-refractivity contribution in [2.24, 2.45) is 5.92 Å². The third-order valence-corrected chi connectivity index (χ3v) is 3.36. The Morgan fingerprint density at radius 3 is 2.85 bits per heavy atom. The fourth-order valence-electron chi connectivity index (χ4n) is 2.04. The molecule has 0 saturated carbocycles. The Balaban J connectivity index is 2.14.